The molecule has 0 unspecified atom stereocenters. The summed E-state index contributed by atoms with van der Waals surface area (Å²) < 4.78 is 14.4. The van der Waals surface area contributed by atoms with Crippen LogP contribution in [0, 0.1) is 5.82 Å². The summed E-state index contributed by atoms with van der Waals surface area (Å²) in [6, 6.07) is 14.5. The van der Waals surface area contributed by atoms with Gasteiger partial charge in [-0.2, -0.15) is 5.10 Å². The molecule has 0 radical (unpaired) electrons. The molecule has 0 saturated carbocycles. The lowest BCUT2D eigenvalue weighted by Crippen LogP contribution is -2.37. The number of hydrogen-bond acceptors (Lipinski definition) is 3. The van der Waals surface area contributed by atoms with Crippen LogP contribution in [0.25, 0.3) is 11.3 Å². The molecule has 1 heterocycles. The third kappa shape index (κ3) is 3.83. The summed E-state index contributed by atoms with van der Waals surface area (Å²) in [4.78, 5) is 25.9. The van der Waals surface area contributed by atoms with Gasteiger partial charge in [-0.3, -0.25) is 9.59 Å². The molecule has 1 N–H and O–H groups in total. The number of nitrogens with zero attached hydrogens (tertiary/aromatic N) is 2. The summed E-state index contributed by atoms with van der Waals surface area (Å²) in [5.74, 6) is -0.753. The van der Waals surface area contributed by atoms with E-state index < -0.39 is 6.04 Å². The smallest absolute Gasteiger partial charge is 0.271 e. The van der Waals surface area contributed by atoms with Crippen LogP contribution < -0.4 is 10.9 Å². The molecule has 29 heavy (non-hydrogen) atoms. The number of hydrogen-bond donors (Lipinski definition) is 1. The van der Waals surface area contributed by atoms with Crippen LogP contribution in [0.15, 0.2) is 59.4 Å². The molecule has 0 fully saturated rings. The lowest BCUT2D eigenvalue weighted by atomic mass is 9.89. The zero-order valence-electron chi connectivity index (χ0n) is 16.2. The predicted octanol–water partition coefficient (Wildman–Crippen LogP) is 4.13. The van der Waals surface area contributed by atoms with Gasteiger partial charge in [0.15, 0.2) is 0 Å². The van der Waals surface area contributed by atoms with Crippen molar-refractivity contribution in [1.29, 1.82) is 0 Å². The topological polar surface area (TPSA) is 64.0 Å². The molecule has 1 aliphatic rings. The van der Waals surface area contributed by atoms with Crippen molar-refractivity contribution in [3.63, 3.8) is 0 Å². The van der Waals surface area contributed by atoms with Crippen LogP contribution in [0.1, 0.15) is 36.9 Å². The van der Waals surface area contributed by atoms with E-state index in [2.05, 4.69) is 10.4 Å². The lowest BCUT2D eigenvalue weighted by molar-refractivity contribution is -0.119. The number of fused-ring (bicyclic) bond motifs is 1. The zero-order chi connectivity index (χ0) is 20.4. The summed E-state index contributed by atoms with van der Waals surface area (Å²) in [6.07, 6.45) is 3.50. The van der Waals surface area contributed by atoms with Crippen LogP contribution in [0.4, 0.5) is 10.1 Å². The van der Waals surface area contributed by atoms with Crippen LogP contribution in [0.3, 0.4) is 0 Å². The van der Waals surface area contributed by atoms with E-state index in [1.807, 2.05) is 30.3 Å². The molecule has 0 saturated heterocycles. The maximum absolute atomic E-state index is 13.1. The van der Waals surface area contributed by atoms with Crippen LogP contribution in [0.5, 0.6) is 0 Å². The van der Waals surface area contributed by atoms with Gasteiger partial charge in [0.1, 0.15) is 11.9 Å². The first-order valence-corrected chi connectivity index (χ1v) is 9.81. The minimum atomic E-state index is -0.803. The fraction of sp³-hybridized carbons (Fsp3) is 0.261. The summed E-state index contributed by atoms with van der Waals surface area (Å²) in [5.41, 5.74) is 3.71. The second-order valence-electron chi connectivity index (χ2n) is 7.30. The molecular weight excluding hydrogens is 369 g/mol. The van der Waals surface area contributed by atoms with Gasteiger partial charge >= 0.3 is 0 Å². The van der Waals surface area contributed by atoms with E-state index in [1.54, 1.807) is 6.92 Å². The number of nitrogens with one attached hydrogen (secondary N) is 1. The summed E-state index contributed by atoms with van der Waals surface area (Å²) in [6.45, 7) is 1.65. The number of aromatic nitrogens is 2. The molecule has 3 aromatic rings. The van der Waals surface area contributed by atoms with Crippen molar-refractivity contribution in [1.82, 2.24) is 9.78 Å². The van der Waals surface area contributed by atoms with E-state index in [4.69, 9.17) is 0 Å². The molecule has 0 bridgehead atoms. The largest absolute Gasteiger partial charge is 0.324 e. The Kier molecular flexibility index (Phi) is 5.25. The standard InChI is InChI=1S/C23H22FN3O2/c1-15(22(28)25-18-13-11-17(24)12-14-18)27-23(29)20-10-6-5-9-19(20)21(26-27)16-7-3-2-4-8-16/h2-4,7-8,11-15H,5-6,9-10H2,1H3,(H,25,28)/t15-/m0/s1. The second-order valence-corrected chi connectivity index (χ2v) is 7.30. The minimum absolute atomic E-state index is 0.207. The Morgan fingerprint density at radius 1 is 1.03 bits per heavy atom. The average Bonchev–Trinajstić information content (AvgIpc) is 2.76. The Bertz CT molecular complexity index is 1090. The molecular formula is C23H22FN3O2. The molecule has 1 aromatic heterocycles. The van der Waals surface area contributed by atoms with Gasteiger partial charge in [0.05, 0.1) is 5.69 Å². The van der Waals surface area contributed by atoms with Crippen molar-refractivity contribution in [2.45, 2.75) is 38.6 Å². The third-order valence-corrected chi connectivity index (χ3v) is 5.33. The predicted molar refractivity (Wildman–Crippen MR) is 110 cm³/mol. The fourth-order valence-corrected chi connectivity index (χ4v) is 3.74. The van der Waals surface area contributed by atoms with Gasteiger partial charge in [0.2, 0.25) is 5.91 Å². The molecule has 1 atom stereocenters. The molecule has 6 heteroatoms. The first kappa shape index (κ1) is 19.1. The molecule has 4 rings (SSSR count). The highest BCUT2D eigenvalue weighted by Crippen LogP contribution is 2.28. The van der Waals surface area contributed by atoms with E-state index >= 15 is 0 Å². The Balaban J connectivity index is 1.73. The fourth-order valence-electron chi connectivity index (χ4n) is 3.74. The molecule has 5 nitrogen and oxygen atoms in total. The summed E-state index contributed by atoms with van der Waals surface area (Å²) in [7, 11) is 0. The Morgan fingerprint density at radius 3 is 2.38 bits per heavy atom. The Morgan fingerprint density at radius 2 is 1.69 bits per heavy atom. The van der Waals surface area contributed by atoms with Gasteiger partial charge < -0.3 is 5.32 Å². The normalized spacial score (nSPS) is 14.1. The Labute approximate surface area is 168 Å². The van der Waals surface area contributed by atoms with Crippen molar-refractivity contribution < 1.29 is 9.18 Å². The van der Waals surface area contributed by atoms with E-state index in [-0.39, 0.29) is 17.3 Å². The minimum Gasteiger partial charge on any atom is -0.324 e. The quantitative estimate of drug-likeness (QED) is 0.727. The van der Waals surface area contributed by atoms with E-state index in [9.17, 15) is 14.0 Å². The van der Waals surface area contributed by atoms with Crippen molar-refractivity contribution >= 4 is 11.6 Å². The van der Waals surface area contributed by atoms with Crippen LogP contribution >= 0.6 is 0 Å². The van der Waals surface area contributed by atoms with Gasteiger partial charge in [0.25, 0.3) is 5.56 Å². The highest BCUT2D eigenvalue weighted by atomic mass is 19.1. The van der Waals surface area contributed by atoms with Gasteiger partial charge in [-0.05, 0) is 62.4 Å². The van der Waals surface area contributed by atoms with Gasteiger partial charge in [0, 0.05) is 16.8 Å². The van der Waals surface area contributed by atoms with Crippen molar-refractivity contribution in [3.05, 3.63) is 81.9 Å². The van der Waals surface area contributed by atoms with Crippen LogP contribution in [-0.4, -0.2) is 15.7 Å². The van der Waals surface area contributed by atoms with Gasteiger partial charge in [-0.25, -0.2) is 9.07 Å². The van der Waals surface area contributed by atoms with E-state index in [1.165, 1.54) is 28.9 Å². The van der Waals surface area contributed by atoms with Crippen LogP contribution in [-0.2, 0) is 17.6 Å². The number of carbonyl (C=O) groups is 1. The highest BCUT2D eigenvalue weighted by Gasteiger charge is 2.25. The average molecular weight is 391 g/mol. The summed E-state index contributed by atoms with van der Waals surface area (Å²) >= 11 is 0. The first-order chi connectivity index (χ1) is 14.0. The van der Waals surface area contributed by atoms with Crippen molar-refractivity contribution in [3.8, 4) is 11.3 Å². The van der Waals surface area contributed by atoms with Crippen molar-refractivity contribution in [2.24, 2.45) is 0 Å². The first-order valence-electron chi connectivity index (χ1n) is 9.81. The molecule has 2 aromatic carbocycles. The third-order valence-electron chi connectivity index (χ3n) is 5.33. The lowest BCUT2D eigenvalue weighted by Gasteiger charge is -2.22. The second kappa shape index (κ2) is 7.99. The number of carbonyl (C=O) groups excluding carboxylic acids is 1. The highest BCUT2D eigenvalue weighted by molar-refractivity contribution is 5.93. The SMILES string of the molecule is C[C@@H](C(=O)Nc1ccc(F)cc1)n1nc(-c2ccccc2)c2c(c1=O)CCCC2. The molecule has 0 spiro atoms. The summed E-state index contributed by atoms with van der Waals surface area (Å²) in [5, 5.41) is 7.34. The zero-order valence-corrected chi connectivity index (χ0v) is 16.2. The molecule has 1 aliphatic carbocycles. The van der Waals surface area contributed by atoms with Crippen molar-refractivity contribution in [2.75, 3.05) is 5.32 Å². The van der Waals surface area contributed by atoms with Crippen LogP contribution in [0.2, 0.25) is 0 Å². The van der Waals surface area contributed by atoms with E-state index in [0.717, 1.165) is 41.6 Å². The number of halogens is 1. The molecule has 0 aliphatic heterocycles. The molecule has 1 amide bonds. The Hall–Kier alpha value is -3.28. The number of benzene rings is 2. The number of amides is 1. The number of rotatable bonds is 4. The molecule has 148 valence electrons. The van der Waals surface area contributed by atoms with Gasteiger partial charge in [-0.1, -0.05) is 30.3 Å². The maximum Gasteiger partial charge on any atom is 0.271 e. The van der Waals surface area contributed by atoms with E-state index in [0.29, 0.717) is 12.1 Å². The number of anilines is 1. The van der Waals surface area contributed by atoms with Gasteiger partial charge in [-0.15, -0.1) is 0 Å². The maximum atomic E-state index is 13.1. The monoisotopic (exact) mass is 391 g/mol.